The van der Waals surface area contributed by atoms with Gasteiger partial charge in [0, 0.05) is 19.0 Å². The van der Waals surface area contributed by atoms with Gasteiger partial charge in [0.05, 0.1) is 33.1 Å². The van der Waals surface area contributed by atoms with Crippen LogP contribution in [-0.4, -0.2) is 50.9 Å². The molecule has 10 nitrogen and oxygen atoms in total. The van der Waals surface area contributed by atoms with Crippen LogP contribution in [0.2, 0.25) is 0 Å². The van der Waals surface area contributed by atoms with Gasteiger partial charge in [-0.3, -0.25) is 14.4 Å². The fourth-order valence-electron chi connectivity index (χ4n) is 4.69. The molecule has 2 aromatic rings. The third-order valence-electron chi connectivity index (χ3n) is 6.49. The minimum atomic E-state index is -1.02. The number of aryl methyl sites for hydroxylation is 1. The van der Waals surface area contributed by atoms with Crippen molar-refractivity contribution in [2.75, 3.05) is 33.2 Å². The van der Waals surface area contributed by atoms with Crippen molar-refractivity contribution < 1.29 is 28.9 Å². The molecule has 3 rings (SSSR count). The number of nitrogens with two attached hydrogens (primary N) is 1. The Morgan fingerprint density at radius 2 is 1.84 bits per heavy atom. The van der Waals surface area contributed by atoms with Crippen molar-refractivity contribution in [3.8, 4) is 28.4 Å². The van der Waals surface area contributed by atoms with Crippen LogP contribution in [0.4, 0.5) is 5.69 Å². The van der Waals surface area contributed by atoms with Crippen molar-refractivity contribution >= 4 is 17.6 Å². The number of carboxylic acids is 1. The molecule has 37 heavy (non-hydrogen) atoms. The number of anilines is 1. The Bertz CT molecular complexity index is 1220. The van der Waals surface area contributed by atoms with E-state index in [2.05, 4.69) is 10.6 Å². The Morgan fingerprint density at radius 1 is 1.11 bits per heavy atom. The van der Waals surface area contributed by atoms with Gasteiger partial charge in [-0.2, -0.15) is 0 Å². The lowest BCUT2D eigenvalue weighted by molar-refractivity contribution is -0.138. The summed E-state index contributed by atoms with van der Waals surface area (Å²) in [6.07, 6.45) is 2.82. The zero-order valence-corrected chi connectivity index (χ0v) is 21.7. The number of carbonyl (C=O) groups excluding carboxylic acids is 1. The van der Waals surface area contributed by atoms with E-state index in [-0.39, 0.29) is 17.4 Å². The summed E-state index contributed by atoms with van der Waals surface area (Å²) in [5.41, 5.74) is 8.91. The predicted molar refractivity (Wildman–Crippen MR) is 141 cm³/mol. The number of carbonyl (C=O) groups is 2. The second kappa shape index (κ2) is 12.4. The van der Waals surface area contributed by atoms with E-state index in [0.717, 1.165) is 16.7 Å². The number of amides is 1. The van der Waals surface area contributed by atoms with E-state index in [1.54, 1.807) is 26.4 Å². The highest BCUT2D eigenvalue weighted by molar-refractivity contribution is 5.83. The van der Waals surface area contributed by atoms with E-state index < -0.39 is 12.0 Å². The summed E-state index contributed by atoms with van der Waals surface area (Å²) >= 11 is 0. The van der Waals surface area contributed by atoms with E-state index in [4.69, 9.17) is 25.1 Å². The first-order valence-electron chi connectivity index (χ1n) is 12.2. The smallest absolute Gasteiger partial charge is 0.320 e. The first-order valence-corrected chi connectivity index (χ1v) is 12.2. The first-order chi connectivity index (χ1) is 17.7. The lowest BCUT2D eigenvalue weighted by Gasteiger charge is -2.19. The molecule has 200 valence electrons. The highest BCUT2D eigenvalue weighted by Crippen LogP contribution is 2.50. The van der Waals surface area contributed by atoms with Crippen molar-refractivity contribution in [2.45, 2.75) is 51.1 Å². The van der Waals surface area contributed by atoms with Gasteiger partial charge in [0.1, 0.15) is 6.04 Å². The molecule has 1 aliphatic rings. The maximum Gasteiger partial charge on any atom is 0.320 e. The number of methoxy groups -OCH3 is 3. The molecule has 0 aromatic heterocycles. The number of fused-ring (bicyclic) bond motifs is 3. The van der Waals surface area contributed by atoms with Crippen LogP contribution in [0.15, 0.2) is 29.1 Å². The first kappa shape index (κ1) is 27.8. The van der Waals surface area contributed by atoms with Crippen molar-refractivity contribution in [1.29, 1.82) is 0 Å². The Hall–Kier alpha value is -3.79. The van der Waals surface area contributed by atoms with Gasteiger partial charge in [0.15, 0.2) is 11.5 Å². The van der Waals surface area contributed by atoms with Crippen molar-refractivity contribution in [1.82, 2.24) is 5.32 Å². The van der Waals surface area contributed by atoms with Crippen molar-refractivity contribution in [3.63, 3.8) is 0 Å². The lowest BCUT2D eigenvalue weighted by Crippen LogP contribution is -2.29. The fourth-order valence-corrected chi connectivity index (χ4v) is 4.69. The number of ether oxygens (including phenoxy) is 3. The summed E-state index contributed by atoms with van der Waals surface area (Å²) in [5, 5.41) is 15.1. The largest absolute Gasteiger partial charge is 0.493 e. The number of carboxylic acid groups (broad SMARTS) is 1. The normalized spacial score (nSPS) is 14.9. The highest BCUT2D eigenvalue weighted by Gasteiger charge is 2.29. The lowest BCUT2D eigenvalue weighted by atomic mass is 9.95. The molecule has 0 aliphatic heterocycles. The standard InChI is InChI=1S/C27H35N3O7/c1-15(31)30-20-10-8-16-13-23(35-2)25(36-3)26(37-4)24(16)17-9-11-21(22(32)14-18(17)20)29-12-6-5-7-19(28)27(33)34/h9,11,13-14,19-20H,5-8,10,12,28H2,1-4H3,(H,29,32)(H,30,31)(H,33,34)/t19?,20-/m0/s1. The van der Waals surface area contributed by atoms with Crippen LogP contribution in [-0.2, 0) is 16.0 Å². The van der Waals surface area contributed by atoms with Gasteiger partial charge in [-0.1, -0.05) is 6.07 Å². The molecule has 0 heterocycles. The molecule has 0 spiro atoms. The van der Waals surface area contributed by atoms with Gasteiger partial charge in [-0.25, -0.2) is 0 Å². The molecule has 5 N–H and O–H groups in total. The predicted octanol–water partition coefficient (Wildman–Crippen LogP) is 2.86. The Balaban J connectivity index is 2.06. The summed E-state index contributed by atoms with van der Waals surface area (Å²) in [6.45, 7) is 1.94. The van der Waals surface area contributed by atoms with E-state index in [1.165, 1.54) is 14.0 Å². The van der Waals surface area contributed by atoms with E-state index >= 15 is 0 Å². The molecule has 0 fully saturated rings. The quantitative estimate of drug-likeness (QED) is 0.333. The summed E-state index contributed by atoms with van der Waals surface area (Å²) < 4.78 is 16.9. The Kier molecular flexibility index (Phi) is 9.35. The number of aliphatic carboxylic acids is 1. The van der Waals surface area contributed by atoms with Crippen LogP contribution in [0.3, 0.4) is 0 Å². The van der Waals surface area contributed by atoms with Gasteiger partial charge in [0.2, 0.25) is 17.1 Å². The van der Waals surface area contributed by atoms with Gasteiger partial charge < -0.3 is 35.7 Å². The summed E-state index contributed by atoms with van der Waals surface area (Å²) in [4.78, 5) is 36.2. The van der Waals surface area contributed by atoms with Crippen molar-refractivity contribution in [2.24, 2.45) is 5.73 Å². The number of unbranched alkanes of at least 4 members (excludes halogenated alkanes) is 1. The SMILES string of the molecule is COc1cc2c(c(OC)c1OC)-c1ccc(NCCCCC(N)C(=O)O)c(=O)cc1[C@@H](NC(C)=O)CC2. The van der Waals surface area contributed by atoms with E-state index in [9.17, 15) is 14.4 Å². The van der Waals surface area contributed by atoms with Crippen molar-refractivity contribution in [3.05, 3.63) is 45.6 Å². The van der Waals surface area contributed by atoms with Gasteiger partial charge in [-0.15, -0.1) is 0 Å². The molecule has 0 saturated heterocycles. The molecule has 0 radical (unpaired) electrons. The molecule has 0 bridgehead atoms. The van der Waals surface area contributed by atoms with Crippen LogP contribution >= 0.6 is 0 Å². The molecule has 2 aromatic carbocycles. The second-order valence-corrected chi connectivity index (χ2v) is 8.96. The number of hydrogen-bond donors (Lipinski definition) is 4. The molecule has 1 unspecified atom stereocenters. The van der Waals surface area contributed by atoms with Gasteiger partial charge in [-0.05, 0) is 67.0 Å². The number of rotatable bonds is 11. The van der Waals surface area contributed by atoms with Crippen LogP contribution in [0.1, 0.15) is 49.8 Å². The van der Waals surface area contributed by atoms with E-state index in [0.29, 0.717) is 67.1 Å². The maximum atomic E-state index is 13.2. The third kappa shape index (κ3) is 6.32. The molecule has 0 saturated carbocycles. The zero-order chi connectivity index (χ0) is 27.1. The molecule has 2 atom stereocenters. The molecular weight excluding hydrogens is 478 g/mol. The average Bonchev–Trinajstić information content (AvgIpc) is 3.11. The third-order valence-corrected chi connectivity index (χ3v) is 6.49. The minimum absolute atomic E-state index is 0.194. The Labute approximate surface area is 216 Å². The van der Waals surface area contributed by atoms with Crippen LogP contribution in [0.25, 0.3) is 11.1 Å². The molecular formula is C27H35N3O7. The maximum absolute atomic E-state index is 13.2. The number of hydrogen-bond acceptors (Lipinski definition) is 8. The molecule has 1 amide bonds. The van der Waals surface area contributed by atoms with Crippen LogP contribution in [0, 0.1) is 0 Å². The fraction of sp³-hybridized carbons (Fsp3) is 0.444. The minimum Gasteiger partial charge on any atom is -0.493 e. The van der Waals surface area contributed by atoms with Crippen LogP contribution < -0.4 is 36.0 Å². The van der Waals surface area contributed by atoms with Gasteiger partial charge in [0.25, 0.3) is 0 Å². The van der Waals surface area contributed by atoms with Gasteiger partial charge >= 0.3 is 5.97 Å². The molecule has 1 aliphatic carbocycles. The Morgan fingerprint density at radius 3 is 2.46 bits per heavy atom. The number of benzene rings is 1. The zero-order valence-electron chi connectivity index (χ0n) is 21.7. The summed E-state index contributed by atoms with van der Waals surface area (Å²) in [7, 11) is 4.65. The highest BCUT2D eigenvalue weighted by atomic mass is 16.5. The average molecular weight is 514 g/mol. The van der Waals surface area contributed by atoms with E-state index in [1.807, 2.05) is 12.1 Å². The summed E-state index contributed by atoms with van der Waals surface area (Å²) in [5.74, 6) is 0.252. The number of nitrogens with one attached hydrogen (secondary N) is 2. The van der Waals surface area contributed by atoms with Crippen LogP contribution in [0.5, 0.6) is 17.2 Å². The second-order valence-electron chi connectivity index (χ2n) is 8.96. The molecule has 10 heteroatoms. The summed E-state index contributed by atoms with van der Waals surface area (Å²) in [6, 6.07) is 5.77. The monoisotopic (exact) mass is 513 g/mol. The topological polar surface area (TPSA) is 149 Å².